The number of hydrogen-bond donors (Lipinski definition) is 1. The van der Waals surface area contributed by atoms with Gasteiger partial charge in [0.15, 0.2) is 0 Å². The number of rotatable bonds is 10. The summed E-state index contributed by atoms with van der Waals surface area (Å²) in [4.78, 5) is 12.6. The Morgan fingerprint density at radius 2 is 1.61 bits per heavy atom. The normalized spacial score (nSPS) is 13.4. The van der Waals surface area contributed by atoms with E-state index in [0.29, 0.717) is 24.8 Å². The van der Waals surface area contributed by atoms with Gasteiger partial charge in [-0.15, -0.1) is 0 Å². The van der Waals surface area contributed by atoms with Crippen molar-refractivity contribution in [2.24, 2.45) is 5.92 Å². The zero-order chi connectivity index (χ0) is 19.8. The predicted molar refractivity (Wildman–Crippen MR) is 110 cm³/mol. The summed E-state index contributed by atoms with van der Waals surface area (Å²) in [6.45, 7) is 5.00. The molecular formula is C24H29NO3. The Morgan fingerprint density at radius 3 is 2.21 bits per heavy atom. The molecule has 4 nitrogen and oxygen atoms in total. The molecule has 4 heteroatoms. The van der Waals surface area contributed by atoms with Crippen molar-refractivity contribution < 1.29 is 13.6 Å². The molecule has 0 spiro atoms. The standard InChI is InChI=1S/C24H29NO3/c1-18(2)21(23-11-7-15-28-23)12-13-25-24(26)17-20(22-10-6-14-27-22)16-19-8-4-3-5-9-19/h3-11,14-15,18,20-21H,12-13,16-17H2,1-2H3,(H,25,26)/t20-,21+/m0/s1. The maximum atomic E-state index is 12.6. The van der Waals surface area contributed by atoms with E-state index in [-0.39, 0.29) is 11.8 Å². The van der Waals surface area contributed by atoms with E-state index in [9.17, 15) is 4.79 Å². The van der Waals surface area contributed by atoms with Gasteiger partial charge in [-0.25, -0.2) is 0 Å². The first-order valence-corrected chi connectivity index (χ1v) is 10.0. The van der Waals surface area contributed by atoms with Crippen molar-refractivity contribution in [2.75, 3.05) is 6.54 Å². The second kappa shape index (κ2) is 9.98. The molecule has 1 N–H and O–H groups in total. The fraction of sp³-hybridized carbons (Fsp3) is 0.375. The number of carbonyl (C=O) groups excluding carboxylic acids is 1. The summed E-state index contributed by atoms with van der Waals surface area (Å²) in [6.07, 6.45) is 5.43. The lowest BCUT2D eigenvalue weighted by Gasteiger charge is -2.19. The monoisotopic (exact) mass is 379 g/mol. The lowest BCUT2D eigenvalue weighted by molar-refractivity contribution is -0.121. The van der Waals surface area contributed by atoms with Gasteiger partial charge in [0.1, 0.15) is 11.5 Å². The van der Waals surface area contributed by atoms with E-state index in [1.54, 1.807) is 12.5 Å². The molecule has 1 aromatic carbocycles. The molecule has 2 atom stereocenters. The second-order valence-corrected chi connectivity index (χ2v) is 7.61. The van der Waals surface area contributed by atoms with Crippen molar-refractivity contribution in [1.82, 2.24) is 5.32 Å². The second-order valence-electron chi connectivity index (χ2n) is 7.61. The van der Waals surface area contributed by atoms with Gasteiger partial charge < -0.3 is 14.2 Å². The third-order valence-electron chi connectivity index (χ3n) is 5.19. The Morgan fingerprint density at radius 1 is 0.929 bits per heavy atom. The van der Waals surface area contributed by atoms with Gasteiger partial charge in [0.05, 0.1) is 12.5 Å². The predicted octanol–water partition coefficient (Wildman–Crippen LogP) is 5.54. The zero-order valence-electron chi connectivity index (χ0n) is 16.6. The van der Waals surface area contributed by atoms with Crippen molar-refractivity contribution in [1.29, 1.82) is 0 Å². The average Bonchev–Trinajstić information content (AvgIpc) is 3.39. The van der Waals surface area contributed by atoms with Gasteiger partial charge in [-0.2, -0.15) is 0 Å². The van der Waals surface area contributed by atoms with E-state index in [4.69, 9.17) is 8.83 Å². The van der Waals surface area contributed by atoms with Crippen LogP contribution in [0.4, 0.5) is 0 Å². The summed E-state index contributed by atoms with van der Waals surface area (Å²) in [5.41, 5.74) is 1.20. The molecule has 0 aliphatic heterocycles. The quantitative estimate of drug-likeness (QED) is 0.503. The van der Waals surface area contributed by atoms with Crippen LogP contribution in [0.25, 0.3) is 0 Å². The molecule has 0 aliphatic rings. The lowest BCUT2D eigenvalue weighted by Crippen LogP contribution is -2.28. The Kier molecular flexibility index (Phi) is 7.12. The summed E-state index contributed by atoms with van der Waals surface area (Å²) >= 11 is 0. The van der Waals surface area contributed by atoms with Crippen LogP contribution in [0.3, 0.4) is 0 Å². The number of amides is 1. The first kappa shape index (κ1) is 20.0. The van der Waals surface area contributed by atoms with Crippen LogP contribution in [0.5, 0.6) is 0 Å². The topological polar surface area (TPSA) is 55.4 Å². The van der Waals surface area contributed by atoms with Crippen LogP contribution >= 0.6 is 0 Å². The van der Waals surface area contributed by atoms with Gasteiger partial charge in [0, 0.05) is 24.8 Å². The van der Waals surface area contributed by atoms with Crippen LogP contribution in [-0.2, 0) is 11.2 Å². The third kappa shape index (κ3) is 5.62. The van der Waals surface area contributed by atoms with E-state index in [1.807, 2.05) is 42.5 Å². The Labute approximate surface area is 166 Å². The number of benzene rings is 1. The molecule has 28 heavy (non-hydrogen) atoms. The maximum absolute atomic E-state index is 12.6. The molecule has 0 saturated carbocycles. The van der Waals surface area contributed by atoms with Gasteiger partial charge in [0.2, 0.25) is 5.91 Å². The third-order valence-corrected chi connectivity index (χ3v) is 5.19. The Balaban J connectivity index is 1.55. The summed E-state index contributed by atoms with van der Waals surface area (Å²) in [5, 5.41) is 3.09. The summed E-state index contributed by atoms with van der Waals surface area (Å²) in [5.74, 6) is 2.69. The first-order valence-electron chi connectivity index (χ1n) is 10.0. The summed E-state index contributed by atoms with van der Waals surface area (Å²) in [7, 11) is 0. The summed E-state index contributed by atoms with van der Waals surface area (Å²) < 4.78 is 11.2. The highest BCUT2D eigenvalue weighted by Crippen LogP contribution is 2.28. The van der Waals surface area contributed by atoms with Crippen molar-refractivity contribution in [3.8, 4) is 0 Å². The van der Waals surface area contributed by atoms with Gasteiger partial charge in [-0.05, 0) is 48.6 Å². The number of furan rings is 2. The highest BCUT2D eigenvalue weighted by molar-refractivity contribution is 5.76. The van der Waals surface area contributed by atoms with Crippen LogP contribution in [0.1, 0.15) is 55.6 Å². The molecular weight excluding hydrogens is 350 g/mol. The minimum Gasteiger partial charge on any atom is -0.469 e. The van der Waals surface area contributed by atoms with Crippen LogP contribution in [-0.4, -0.2) is 12.5 Å². The van der Waals surface area contributed by atoms with Crippen LogP contribution in [0.2, 0.25) is 0 Å². The SMILES string of the molecule is CC(C)[C@@H](CCNC(=O)C[C@H](Cc1ccccc1)c1ccco1)c1ccco1. The minimum absolute atomic E-state index is 0.0309. The molecule has 0 bridgehead atoms. The van der Waals surface area contributed by atoms with E-state index in [0.717, 1.165) is 24.4 Å². The molecule has 3 rings (SSSR count). The maximum Gasteiger partial charge on any atom is 0.220 e. The molecule has 2 aromatic heterocycles. The zero-order valence-corrected chi connectivity index (χ0v) is 16.6. The van der Waals surface area contributed by atoms with Crippen molar-refractivity contribution in [2.45, 2.75) is 44.9 Å². The molecule has 148 valence electrons. The lowest BCUT2D eigenvalue weighted by atomic mass is 9.90. The van der Waals surface area contributed by atoms with E-state index in [1.165, 1.54) is 5.56 Å². The molecule has 0 aliphatic carbocycles. The molecule has 0 fully saturated rings. The highest BCUT2D eigenvalue weighted by Gasteiger charge is 2.21. The van der Waals surface area contributed by atoms with Crippen molar-refractivity contribution >= 4 is 5.91 Å². The van der Waals surface area contributed by atoms with Gasteiger partial charge in [0.25, 0.3) is 0 Å². The molecule has 2 heterocycles. The fourth-order valence-corrected chi connectivity index (χ4v) is 3.66. The van der Waals surface area contributed by atoms with Crippen LogP contribution in [0.15, 0.2) is 76.0 Å². The van der Waals surface area contributed by atoms with Crippen molar-refractivity contribution in [3.05, 3.63) is 84.2 Å². The Hall–Kier alpha value is -2.75. The molecule has 1 amide bonds. The number of carbonyl (C=O) groups is 1. The van der Waals surface area contributed by atoms with Crippen LogP contribution in [0, 0.1) is 5.92 Å². The highest BCUT2D eigenvalue weighted by atomic mass is 16.3. The number of hydrogen-bond acceptors (Lipinski definition) is 3. The molecule has 0 unspecified atom stereocenters. The first-order chi connectivity index (χ1) is 13.6. The smallest absolute Gasteiger partial charge is 0.220 e. The van der Waals surface area contributed by atoms with Crippen molar-refractivity contribution in [3.63, 3.8) is 0 Å². The fourth-order valence-electron chi connectivity index (χ4n) is 3.66. The van der Waals surface area contributed by atoms with Gasteiger partial charge >= 0.3 is 0 Å². The Bertz CT molecular complexity index is 807. The van der Waals surface area contributed by atoms with E-state index >= 15 is 0 Å². The van der Waals surface area contributed by atoms with E-state index in [2.05, 4.69) is 31.3 Å². The molecule has 0 saturated heterocycles. The summed E-state index contributed by atoms with van der Waals surface area (Å²) in [6, 6.07) is 18.0. The minimum atomic E-state index is 0.0309. The van der Waals surface area contributed by atoms with E-state index < -0.39 is 0 Å². The largest absolute Gasteiger partial charge is 0.469 e. The van der Waals surface area contributed by atoms with Crippen LogP contribution < -0.4 is 5.32 Å². The molecule has 0 radical (unpaired) electrons. The number of nitrogens with one attached hydrogen (secondary N) is 1. The molecule has 3 aromatic rings. The van der Waals surface area contributed by atoms with Gasteiger partial charge in [-0.1, -0.05) is 44.2 Å². The van der Waals surface area contributed by atoms with Gasteiger partial charge in [-0.3, -0.25) is 4.79 Å². The average molecular weight is 380 g/mol.